The van der Waals surface area contributed by atoms with E-state index in [4.69, 9.17) is 9.98 Å². The van der Waals surface area contributed by atoms with Crippen LogP contribution in [0.1, 0.15) is 11.7 Å². The van der Waals surface area contributed by atoms with Crippen molar-refractivity contribution in [2.75, 3.05) is 51.5 Å². The number of hydrogen-bond donors (Lipinski definition) is 1. The lowest BCUT2D eigenvalue weighted by Crippen LogP contribution is -2.62. The van der Waals surface area contributed by atoms with Gasteiger partial charge in [0.2, 0.25) is 11.9 Å². The molecule has 3 aliphatic rings. The van der Waals surface area contributed by atoms with Gasteiger partial charge in [0.15, 0.2) is 0 Å². The molecule has 8 heteroatoms. The lowest BCUT2D eigenvalue weighted by molar-refractivity contribution is -0.0528. The first-order valence-corrected chi connectivity index (χ1v) is 10.6. The van der Waals surface area contributed by atoms with Crippen LogP contribution in [-0.2, 0) is 0 Å². The number of fused-ring (bicyclic) bond motifs is 5. The minimum atomic E-state index is -0.0289. The Labute approximate surface area is 176 Å². The Morgan fingerprint density at radius 1 is 0.900 bits per heavy atom. The van der Waals surface area contributed by atoms with E-state index in [1.807, 2.05) is 6.07 Å². The van der Waals surface area contributed by atoms with Gasteiger partial charge in [0.1, 0.15) is 12.8 Å². The molecule has 4 heterocycles. The van der Waals surface area contributed by atoms with Gasteiger partial charge in [0.25, 0.3) is 0 Å². The number of nitrogens with zero attached hydrogens (tertiary/aromatic N) is 7. The minimum absolute atomic E-state index is 0.0289. The molecule has 1 N–H and O–H groups in total. The number of anilines is 1. The van der Waals surface area contributed by atoms with Crippen molar-refractivity contribution >= 4 is 22.9 Å². The van der Waals surface area contributed by atoms with Crippen molar-refractivity contribution in [3.63, 3.8) is 0 Å². The van der Waals surface area contributed by atoms with Crippen molar-refractivity contribution in [2.45, 2.75) is 6.17 Å². The number of rotatable bonds is 2. The normalized spacial score (nSPS) is 23.0. The van der Waals surface area contributed by atoms with Crippen molar-refractivity contribution in [1.82, 2.24) is 29.8 Å². The Morgan fingerprint density at radius 2 is 1.67 bits per heavy atom. The van der Waals surface area contributed by atoms with E-state index in [-0.39, 0.29) is 6.17 Å². The van der Waals surface area contributed by atoms with Crippen LogP contribution in [0.3, 0.4) is 0 Å². The number of likely N-dealkylation sites (N-methyl/N-ethyl adjacent to an activating group) is 1. The molecule has 0 unspecified atom stereocenters. The van der Waals surface area contributed by atoms with E-state index < -0.39 is 0 Å². The van der Waals surface area contributed by atoms with Gasteiger partial charge in [-0.15, -0.1) is 0 Å². The highest BCUT2D eigenvalue weighted by Gasteiger charge is 2.37. The van der Waals surface area contributed by atoms with Crippen LogP contribution in [0.5, 0.6) is 0 Å². The van der Waals surface area contributed by atoms with Gasteiger partial charge in [-0.2, -0.15) is 0 Å². The van der Waals surface area contributed by atoms with Gasteiger partial charge < -0.3 is 10.2 Å². The summed E-state index contributed by atoms with van der Waals surface area (Å²) in [5, 5.41) is 8.45. The maximum atomic E-state index is 5.02. The lowest BCUT2D eigenvalue weighted by Gasteiger charge is -2.46. The number of nitrogens with one attached hydrogen (secondary N) is 1. The molecular weight excluding hydrogens is 376 g/mol. The highest BCUT2D eigenvalue weighted by Crippen LogP contribution is 2.33. The van der Waals surface area contributed by atoms with Crippen LogP contribution in [0.4, 0.5) is 5.95 Å². The number of hydrogen-bond acceptors (Lipinski definition) is 7. The molecule has 8 nitrogen and oxygen atoms in total. The third kappa shape index (κ3) is 2.87. The van der Waals surface area contributed by atoms with Gasteiger partial charge in [-0.05, 0) is 24.7 Å². The van der Waals surface area contributed by atoms with Crippen molar-refractivity contribution in [1.29, 1.82) is 0 Å². The number of aliphatic imine (C=N–C) groups is 1. The number of aromatic nitrogens is 2. The average molecular weight is 403 g/mol. The van der Waals surface area contributed by atoms with Gasteiger partial charge >= 0.3 is 0 Å². The summed E-state index contributed by atoms with van der Waals surface area (Å²) in [4.78, 5) is 14.5. The van der Waals surface area contributed by atoms with E-state index in [9.17, 15) is 0 Å². The SMILES string of the molecule is CN1CCN(N2CN=C3N[C@@H](c4ccccc4)n4c(nc5ccccc54)N3C2)CC1. The molecule has 3 aliphatic heterocycles. The second kappa shape index (κ2) is 7.09. The molecule has 1 atom stereocenters. The molecule has 1 fully saturated rings. The standard InChI is InChI=1S/C22H26N8/c1-26-11-13-27(14-12-26)28-15-23-21-25-20(17-7-3-2-4-8-17)30-19-10-6-5-9-18(19)24-22(30)29(21)16-28/h2-10,20H,11-16H2,1H3,(H,23,25)/t20-/m1/s1. The summed E-state index contributed by atoms with van der Waals surface area (Å²) in [7, 11) is 2.18. The zero-order chi connectivity index (χ0) is 20.1. The summed E-state index contributed by atoms with van der Waals surface area (Å²) in [5.41, 5.74) is 3.34. The topological polar surface area (TPSA) is 55.2 Å². The van der Waals surface area contributed by atoms with E-state index in [2.05, 4.69) is 85.3 Å². The molecule has 0 saturated carbocycles. The average Bonchev–Trinajstić information content (AvgIpc) is 3.19. The lowest BCUT2D eigenvalue weighted by atomic mass is 10.1. The molecule has 6 rings (SSSR count). The second-order valence-corrected chi connectivity index (χ2v) is 8.18. The summed E-state index contributed by atoms with van der Waals surface area (Å²) in [6, 6.07) is 18.9. The third-order valence-corrected chi connectivity index (χ3v) is 6.28. The van der Waals surface area contributed by atoms with Crippen LogP contribution < -0.4 is 10.2 Å². The summed E-state index contributed by atoms with van der Waals surface area (Å²) in [6.07, 6.45) is -0.0289. The monoisotopic (exact) mass is 402 g/mol. The maximum Gasteiger partial charge on any atom is 0.216 e. The van der Waals surface area contributed by atoms with Crippen molar-refractivity contribution in [2.24, 2.45) is 4.99 Å². The number of benzene rings is 2. The molecule has 2 aromatic carbocycles. The fourth-order valence-electron chi connectivity index (χ4n) is 4.58. The second-order valence-electron chi connectivity index (χ2n) is 8.18. The zero-order valence-electron chi connectivity index (χ0n) is 17.1. The van der Waals surface area contributed by atoms with Gasteiger partial charge in [0, 0.05) is 26.2 Å². The van der Waals surface area contributed by atoms with E-state index in [0.717, 1.165) is 55.8 Å². The first kappa shape index (κ1) is 17.9. The Balaban J connectivity index is 1.41. The Morgan fingerprint density at radius 3 is 2.50 bits per heavy atom. The molecule has 0 amide bonds. The summed E-state index contributed by atoms with van der Waals surface area (Å²) >= 11 is 0. The predicted molar refractivity (Wildman–Crippen MR) is 118 cm³/mol. The van der Waals surface area contributed by atoms with Crippen LogP contribution in [-0.4, -0.2) is 77.0 Å². The number of guanidine groups is 1. The van der Waals surface area contributed by atoms with Crippen LogP contribution in [0.15, 0.2) is 59.6 Å². The fourth-order valence-corrected chi connectivity index (χ4v) is 4.58. The zero-order valence-corrected chi connectivity index (χ0v) is 17.1. The fraction of sp³-hybridized carbons (Fsp3) is 0.364. The van der Waals surface area contributed by atoms with E-state index in [1.54, 1.807) is 0 Å². The molecule has 3 aromatic rings. The van der Waals surface area contributed by atoms with Crippen LogP contribution >= 0.6 is 0 Å². The number of piperazine rings is 1. The number of para-hydroxylation sites is 2. The van der Waals surface area contributed by atoms with Gasteiger partial charge in [-0.3, -0.25) is 9.47 Å². The highest BCUT2D eigenvalue weighted by atomic mass is 15.7. The third-order valence-electron chi connectivity index (χ3n) is 6.28. The first-order chi connectivity index (χ1) is 14.8. The minimum Gasteiger partial charge on any atom is -0.331 e. The van der Waals surface area contributed by atoms with Gasteiger partial charge in [-0.1, -0.05) is 42.5 Å². The molecule has 0 radical (unpaired) electrons. The Hall–Kier alpha value is -2.94. The molecule has 0 bridgehead atoms. The van der Waals surface area contributed by atoms with E-state index >= 15 is 0 Å². The first-order valence-electron chi connectivity index (χ1n) is 10.6. The van der Waals surface area contributed by atoms with Gasteiger partial charge in [0.05, 0.1) is 17.7 Å². The highest BCUT2D eigenvalue weighted by molar-refractivity contribution is 5.98. The largest absolute Gasteiger partial charge is 0.331 e. The molecule has 1 saturated heterocycles. The van der Waals surface area contributed by atoms with Crippen LogP contribution in [0.25, 0.3) is 11.0 Å². The summed E-state index contributed by atoms with van der Waals surface area (Å²) in [6.45, 7) is 5.65. The molecular formula is C22H26N8. The Kier molecular flexibility index (Phi) is 4.22. The van der Waals surface area contributed by atoms with Gasteiger partial charge in [-0.25, -0.2) is 20.0 Å². The molecule has 1 aromatic heterocycles. The smallest absolute Gasteiger partial charge is 0.216 e. The van der Waals surface area contributed by atoms with Crippen LogP contribution in [0, 0.1) is 0 Å². The quantitative estimate of drug-likeness (QED) is 0.705. The maximum absolute atomic E-state index is 5.02. The van der Waals surface area contributed by atoms with E-state index in [1.165, 1.54) is 5.56 Å². The van der Waals surface area contributed by atoms with Crippen molar-refractivity contribution in [3.05, 3.63) is 60.2 Å². The molecule has 154 valence electrons. The number of imidazole rings is 1. The molecule has 0 aliphatic carbocycles. The van der Waals surface area contributed by atoms with Crippen LogP contribution in [0.2, 0.25) is 0 Å². The summed E-state index contributed by atoms with van der Waals surface area (Å²) < 4.78 is 2.30. The predicted octanol–water partition coefficient (Wildman–Crippen LogP) is 1.74. The number of hydrazine groups is 1. The van der Waals surface area contributed by atoms with Crippen molar-refractivity contribution in [3.8, 4) is 0 Å². The van der Waals surface area contributed by atoms with Crippen molar-refractivity contribution < 1.29 is 0 Å². The molecule has 30 heavy (non-hydrogen) atoms. The van der Waals surface area contributed by atoms with E-state index in [0.29, 0.717) is 6.67 Å². The Bertz CT molecular complexity index is 1080. The molecule has 0 spiro atoms. The summed E-state index contributed by atoms with van der Waals surface area (Å²) in [5.74, 6) is 1.85.